The summed E-state index contributed by atoms with van der Waals surface area (Å²) in [5.74, 6) is 0.562. The fourth-order valence-corrected chi connectivity index (χ4v) is 5.17. The Morgan fingerprint density at radius 1 is 1.06 bits per heavy atom. The van der Waals surface area contributed by atoms with Gasteiger partial charge in [-0.1, -0.05) is 48.5 Å². The molecule has 0 saturated heterocycles. The molecule has 0 spiro atoms. The summed E-state index contributed by atoms with van der Waals surface area (Å²) in [6.07, 6.45) is 3.75. The summed E-state index contributed by atoms with van der Waals surface area (Å²) in [5, 5.41) is 11.5. The van der Waals surface area contributed by atoms with Gasteiger partial charge in [-0.25, -0.2) is 0 Å². The number of aliphatic carboxylic acids is 1. The Bertz CT molecular complexity index is 1370. The maximum absolute atomic E-state index is 11.1. The number of rotatable bonds is 5. The second kappa shape index (κ2) is 7.93. The van der Waals surface area contributed by atoms with Gasteiger partial charge in [0.1, 0.15) is 17.6 Å². The lowest BCUT2D eigenvalue weighted by Crippen LogP contribution is -2.07. The molecule has 0 bridgehead atoms. The zero-order valence-electron chi connectivity index (χ0n) is 18.0. The molecule has 2 heterocycles. The summed E-state index contributed by atoms with van der Waals surface area (Å²) in [5.41, 5.74) is 5.63. The molecule has 33 heavy (non-hydrogen) atoms. The fraction of sp³-hybridized carbons (Fsp3) is 0.214. The van der Waals surface area contributed by atoms with E-state index in [1.807, 2.05) is 30.5 Å². The Kier molecular flexibility index (Phi) is 4.75. The van der Waals surface area contributed by atoms with Gasteiger partial charge in [-0.15, -0.1) is 0 Å². The molecule has 0 unspecified atom stereocenters. The number of fused-ring (bicyclic) bond motifs is 3. The monoisotopic (exact) mass is 437 g/mol. The van der Waals surface area contributed by atoms with Crippen molar-refractivity contribution in [1.82, 2.24) is 4.98 Å². The van der Waals surface area contributed by atoms with Crippen molar-refractivity contribution in [2.24, 2.45) is 0 Å². The summed E-state index contributed by atoms with van der Waals surface area (Å²) in [6.45, 7) is 0.402. The third-order valence-corrected chi connectivity index (χ3v) is 6.71. The summed E-state index contributed by atoms with van der Waals surface area (Å²) < 4.78 is 12.2. The number of carboxylic acid groups (broad SMARTS) is 1. The van der Waals surface area contributed by atoms with Gasteiger partial charge < -0.3 is 14.6 Å². The third-order valence-electron chi connectivity index (χ3n) is 6.71. The molecule has 164 valence electrons. The normalized spacial score (nSPS) is 18.5. The molecule has 0 radical (unpaired) electrons. The van der Waals surface area contributed by atoms with Crippen LogP contribution in [-0.2, 0) is 11.2 Å². The van der Waals surface area contributed by atoms with Gasteiger partial charge in [0.25, 0.3) is 0 Å². The van der Waals surface area contributed by atoms with Crippen LogP contribution in [0.3, 0.4) is 0 Å². The molecule has 6 rings (SSSR count). The van der Waals surface area contributed by atoms with Crippen molar-refractivity contribution >= 4 is 16.7 Å². The molecule has 1 aliphatic heterocycles. The van der Waals surface area contributed by atoms with E-state index in [0.717, 1.165) is 41.0 Å². The molecule has 0 amide bonds. The van der Waals surface area contributed by atoms with Gasteiger partial charge in [-0.05, 0) is 41.5 Å². The highest BCUT2D eigenvalue weighted by Gasteiger charge is 2.29. The van der Waals surface area contributed by atoms with E-state index in [-0.39, 0.29) is 18.4 Å². The SMILES string of the molecule is O=C(O)C[C@@H]1COc2cc(O[C@@H]3CCc4c(-c5nccc6ccccc56)cccc43)ccc21. The average Bonchev–Trinajstić information content (AvgIpc) is 3.42. The van der Waals surface area contributed by atoms with Crippen molar-refractivity contribution in [3.05, 3.63) is 89.6 Å². The summed E-state index contributed by atoms with van der Waals surface area (Å²) in [6, 6.07) is 22.5. The van der Waals surface area contributed by atoms with Gasteiger partial charge in [-0.2, -0.15) is 0 Å². The quantitative estimate of drug-likeness (QED) is 0.420. The van der Waals surface area contributed by atoms with Gasteiger partial charge in [-0.3, -0.25) is 9.78 Å². The van der Waals surface area contributed by atoms with Gasteiger partial charge >= 0.3 is 5.97 Å². The number of hydrogen-bond donors (Lipinski definition) is 1. The highest BCUT2D eigenvalue weighted by molar-refractivity contribution is 5.95. The third kappa shape index (κ3) is 3.50. The highest BCUT2D eigenvalue weighted by atomic mass is 16.5. The van der Waals surface area contributed by atoms with Crippen molar-refractivity contribution in [2.75, 3.05) is 6.61 Å². The maximum Gasteiger partial charge on any atom is 0.304 e. The lowest BCUT2D eigenvalue weighted by molar-refractivity contribution is -0.137. The Morgan fingerprint density at radius 3 is 2.88 bits per heavy atom. The Balaban J connectivity index is 1.30. The van der Waals surface area contributed by atoms with Crippen molar-refractivity contribution < 1.29 is 19.4 Å². The van der Waals surface area contributed by atoms with Crippen molar-refractivity contribution in [3.8, 4) is 22.8 Å². The van der Waals surface area contributed by atoms with Crippen molar-refractivity contribution in [2.45, 2.75) is 31.3 Å². The van der Waals surface area contributed by atoms with Crippen LogP contribution in [0.25, 0.3) is 22.0 Å². The van der Waals surface area contributed by atoms with E-state index in [2.05, 4.69) is 42.5 Å². The van der Waals surface area contributed by atoms with E-state index in [4.69, 9.17) is 19.6 Å². The van der Waals surface area contributed by atoms with Crippen LogP contribution in [0.1, 0.15) is 41.6 Å². The number of pyridine rings is 1. The van der Waals surface area contributed by atoms with Crippen molar-refractivity contribution in [1.29, 1.82) is 0 Å². The Morgan fingerprint density at radius 2 is 1.97 bits per heavy atom. The van der Waals surface area contributed by atoms with Crippen LogP contribution < -0.4 is 9.47 Å². The summed E-state index contributed by atoms with van der Waals surface area (Å²) in [4.78, 5) is 15.8. The summed E-state index contributed by atoms with van der Waals surface area (Å²) >= 11 is 0. The number of carboxylic acids is 1. The molecule has 1 aliphatic carbocycles. The molecule has 0 fully saturated rings. The molecule has 1 aromatic heterocycles. The first-order valence-corrected chi connectivity index (χ1v) is 11.3. The van der Waals surface area contributed by atoms with Gasteiger partial charge in [0.05, 0.1) is 18.7 Å². The van der Waals surface area contributed by atoms with Crippen LogP contribution in [0.2, 0.25) is 0 Å². The Labute approximate surface area is 191 Å². The highest BCUT2D eigenvalue weighted by Crippen LogP contribution is 2.43. The second-order valence-electron chi connectivity index (χ2n) is 8.70. The average molecular weight is 437 g/mol. The number of carbonyl (C=O) groups is 1. The maximum atomic E-state index is 11.1. The first kappa shape index (κ1) is 19.8. The second-order valence-corrected chi connectivity index (χ2v) is 8.70. The van der Waals surface area contributed by atoms with E-state index in [1.165, 1.54) is 22.1 Å². The molecule has 1 N–H and O–H groups in total. The largest absolute Gasteiger partial charge is 0.492 e. The lowest BCUT2D eigenvalue weighted by Gasteiger charge is -2.17. The molecule has 5 nitrogen and oxygen atoms in total. The standard InChI is InChI=1S/C28H23NO4/c30-27(31)14-18-16-32-26-15-19(8-9-20(18)26)33-25-11-10-22-23(25)6-3-7-24(22)28-21-5-2-1-4-17(21)12-13-29-28/h1-9,12-13,15,18,25H,10-11,14,16H2,(H,30,31)/t18-,25-/m1/s1. The number of benzene rings is 3. The van der Waals surface area contributed by atoms with Crippen LogP contribution >= 0.6 is 0 Å². The molecular formula is C28H23NO4. The van der Waals surface area contributed by atoms with Crippen LogP contribution in [-0.4, -0.2) is 22.7 Å². The first-order chi connectivity index (χ1) is 16.2. The van der Waals surface area contributed by atoms with E-state index < -0.39 is 5.97 Å². The molecule has 0 saturated carbocycles. The Hall–Kier alpha value is -3.86. The molecular weight excluding hydrogens is 414 g/mol. The smallest absolute Gasteiger partial charge is 0.304 e. The predicted molar refractivity (Wildman–Crippen MR) is 126 cm³/mol. The van der Waals surface area contributed by atoms with Crippen LogP contribution in [0, 0.1) is 0 Å². The van der Waals surface area contributed by atoms with Crippen LogP contribution in [0.4, 0.5) is 0 Å². The van der Waals surface area contributed by atoms with E-state index in [9.17, 15) is 4.79 Å². The minimum atomic E-state index is -0.809. The predicted octanol–water partition coefficient (Wildman–Crippen LogP) is 5.92. The minimum Gasteiger partial charge on any atom is -0.492 e. The van der Waals surface area contributed by atoms with E-state index in [0.29, 0.717) is 6.61 Å². The van der Waals surface area contributed by atoms with E-state index in [1.54, 1.807) is 0 Å². The zero-order chi connectivity index (χ0) is 22.4. The minimum absolute atomic E-state index is 0.0378. The first-order valence-electron chi connectivity index (χ1n) is 11.3. The van der Waals surface area contributed by atoms with Gasteiger partial charge in [0, 0.05) is 34.7 Å². The van der Waals surface area contributed by atoms with E-state index >= 15 is 0 Å². The van der Waals surface area contributed by atoms with Crippen LogP contribution in [0.15, 0.2) is 72.9 Å². The number of nitrogens with zero attached hydrogens (tertiary/aromatic N) is 1. The molecule has 3 aromatic carbocycles. The summed E-state index contributed by atoms with van der Waals surface area (Å²) in [7, 11) is 0. The molecule has 2 aliphatic rings. The van der Waals surface area contributed by atoms with Crippen LogP contribution in [0.5, 0.6) is 11.5 Å². The molecule has 4 aromatic rings. The number of aromatic nitrogens is 1. The lowest BCUT2D eigenvalue weighted by atomic mass is 9.97. The van der Waals surface area contributed by atoms with Crippen molar-refractivity contribution in [3.63, 3.8) is 0 Å². The number of hydrogen-bond acceptors (Lipinski definition) is 4. The van der Waals surface area contributed by atoms with Gasteiger partial charge in [0.15, 0.2) is 0 Å². The zero-order valence-corrected chi connectivity index (χ0v) is 18.0. The number of ether oxygens (including phenoxy) is 2. The fourth-order valence-electron chi connectivity index (χ4n) is 5.17. The van der Waals surface area contributed by atoms with Gasteiger partial charge in [0.2, 0.25) is 0 Å². The molecule has 5 heteroatoms. The topological polar surface area (TPSA) is 68.7 Å². The molecule has 2 atom stereocenters.